The second-order valence-corrected chi connectivity index (χ2v) is 15.7. The third kappa shape index (κ3) is 4.95. The van der Waals surface area contributed by atoms with Crippen molar-refractivity contribution in [2.45, 2.75) is 84.9 Å². The molecule has 13 heteroatoms. The van der Waals surface area contributed by atoms with Gasteiger partial charge in [0, 0.05) is 40.4 Å². The lowest BCUT2D eigenvalue weighted by Crippen LogP contribution is -2.73. The van der Waals surface area contributed by atoms with Crippen molar-refractivity contribution in [1.29, 1.82) is 0 Å². The fourth-order valence-electron chi connectivity index (χ4n) is 9.78. The molecule has 3 saturated carbocycles. The van der Waals surface area contributed by atoms with Crippen molar-refractivity contribution >= 4 is 28.9 Å². The molecule has 7 N–H and O–H groups in total. The topological polar surface area (TPSA) is 236 Å². The molecule has 0 aromatic heterocycles. The zero-order chi connectivity index (χ0) is 41.6. The molecule has 6 aliphatic rings. The van der Waals surface area contributed by atoms with E-state index in [2.05, 4.69) is 0 Å². The van der Waals surface area contributed by atoms with Gasteiger partial charge in [-0.2, -0.15) is 0 Å². The average molecular weight is 761 g/mol. The standard InChI is InChI=1S/C42H48O13/c1-10-13-15-18-22(43)25-28-24(21(17-12-3)37(5,33(25)48)36(51)39(28,7)52)30(46)27-34(49)38(6)31-26(23(44)19-16-14-11-2)29(45)20(4)32(47)40(31,8)55-42(38,54)41(9,53)35(27)50/h10-19,21,24,28,31,43-45,49,52-54H,1-9H3. The third-order valence-corrected chi connectivity index (χ3v) is 12.5. The quantitative estimate of drug-likeness (QED) is 0.0475. The molecule has 0 amide bonds. The Morgan fingerprint density at radius 3 is 1.78 bits per heavy atom. The minimum Gasteiger partial charge on any atom is -0.511 e. The highest BCUT2D eigenvalue weighted by atomic mass is 16.7. The second-order valence-electron chi connectivity index (χ2n) is 15.7. The van der Waals surface area contributed by atoms with Crippen LogP contribution in [0.3, 0.4) is 0 Å². The van der Waals surface area contributed by atoms with E-state index in [0.717, 1.165) is 32.9 Å². The number of ether oxygens (including phenoxy) is 1. The van der Waals surface area contributed by atoms with Gasteiger partial charge in [0.1, 0.15) is 39.8 Å². The maximum absolute atomic E-state index is 15.3. The van der Waals surface area contributed by atoms with Gasteiger partial charge in [-0.25, -0.2) is 0 Å². The van der Waals surface area contributed by atoms with Crippen molar-refractivity contribution in [2.75, 3.05) is 0 Å². The van der Waals surface area contributed by atoms with Crippen LogP contribution in [0.5, 0.6) is 0 Å². The molecule has 10 atom stereocenters. The van der Waals surface area contributed by atoms with Gasteiger partial charge in [0.05, 0.1) is 10.8 Å². The number of rotatable bonds is 7. The monoisotopic (exact) mass is 760 g/mol. The Balaban J connectivity index is 1.89. The minimum atomic E-state index is -3.21. The van der Waals surface area contributed by atoms with Crippen molar-refractivity contribution in [3.63, 3.8) is 0 Å². The number of Topliss-reactive ketones (excluding diaryl/α,β-unsaturated/α-hetero) is 5. The molecule has 2 bridgehead atoms. The van der Waals surface area contributed by atoms with E-state index >= 15 is 4.79 Å². The summed E-state index contributed by atoms with van der Waals surface area (Å²) in [5, 5.41) is 83.0. The zero-order valence-electron chi connectivity index (χ0n) is 32.2. The van der Waals surface area contributed by atoms with Crippen molar-refractivity contribution in [2.24, 2.45) is 34.5 Å². The first-order chi connectivity index (χ1) is 25.4. The van der Waals surface area contributed by atoms with Crippen LogP contribution in [0.15, 0.2) is 106 Å². The molecule has 13 nitrogen and oxygen atoms in total. The molecule has 55 heavy (non-hydrogen) atoms. The Hall–Kier alpha value is -4.95. The summed E-state index contributed by atoms with van der Waals surface area (Å²) in [6, 6.07) is 0. The third-order valence-electron chi connectivity index (χ3n) is 12.5. The fourth-order valence-corrected chi connectivity index (χ4v) is 9.78. The number of hydrogen-bond donors (Lipinski definition) is 7. The lowest BCUT2D eigenvalue weighted by atomic mass is 9.42. The van der Waals surface area contributed by atoms with Crippen LogP contribution in [0.4, 0.5) is 0 Å². The van der Waals surface area contributed by atoms with Gasteiger partial charge < -0.3 is 40.5 Å². The van der Waals surface area contributed by atoms with Crippen molar-refractivity contribution in [3.05, 3.63) is 106 Å². The van der Waals surface area contributed by atoms with Gasteiger partial charge in [-0.3, -0.25) is 24.0 Å². The maximum atomic E-state index is 15.3. The molecular weight excluding hydrogens is 712 g/mol. The van der Waals surface area contributed by atoms with E-state index in [1.165, 1.54) is 51.2 Å². The molecular formula is C42H48O13. The lowest BCUT2D eigenvalue weighted by Gasteiger charge is -2.58. The highest BCUT2D eigenvalue weighted by Gasteiger charge is 2.83. The Morgan fingerprint density at radius 2 is 1.27 bits per heavy atom. The molecule has 10 unspecified atom stereocenters. The first-order valence-electron chi connectivity index (χ1n) is 17.9. The van der Waals surface area contributed by atoms with Crippen LogP contribution in [0, 0.1) is 34.5 Å². The van der Waals surface area contributed by atoms with Crippen LogP contribution >= 0.6 is 0 Å². The van der Waals surface area contributed by atoms with E-state index < -0.39 is 126 Å². The lowest BCUT2D eigenvalue weighted by molar-refractivity contribution is -0.317. The number of hydrogen-bond acceptors (Lipinski definition) is 13. The van der Waals surface area contributed by atoms with Crippen LogP contribution in [0.25, 0.3) is 0 Å². The number of aliphatic hydroxyl groups is 7. The van der Waals surface area contributed by atoms with Crippen LogP contribution < -0.4 is 0 Å². The SMILES string of the molecule is CC=CC=CC(O)=C1C(=O)C2(C)C(=O)C(C)(O)C1C(C(=O)C1=C(O)C3(C)C4C(=C(O)C=CC=CC)C(O)=C(C)C(=O)C4(C)OC3(O)C(C)(O)C1=O)C2C=CC. The van der Waals surface area contributed by atoms with Gasteiger partial charge in [0.15, 0.2) is 28.7 Å². The molecule has 0 aromatic carbocycles. The summed E-state index contributed by atoms with van der Waals surface area (Å²) in [5.41, 5.74) is -15.0. The molecule has 294 valence electrons. The summed E-state index contributed by atoms with van der Waals surface area (Å²) in [7, 11) is 0. The highest BCUT2D eigenvalue weighted by molar-refractivity contribution is 6.28. The first-order valence-corrected chi connectivity index (χ1v) is 17.9. The maximum Gasteiger partial charge on any atom is 0.216 e. The summed E-state index contributed by atoms with van der Waals surface area (Å²) >= 11 is 0. The number of carbonyl (C=O) groups is 5. The van der Waals surface area contributed by atoms with Gasteiger partial charge in [-0.05, 0) is 74.5 Å². The summed E-state index contributed by atoms with van der Waals surface area (Å²) in [6.45, 7) is 11.6. The van der Waals surface area contributed by atoms with E-state index in [1.807, 2.05) is 0 Å². The molecule has 0 spiro atoms. The molecule has 0 aromatic rings. The van der Waals surface area contributed by atoms with Crippen LogP contribution in [-0.2, 0) is 28.7 Å². The van der Waals surface area contributed by atoms with E-state index in [1.54, 1.807) is 39.0 Å². The van der Waals surface area contributed by atoms with Crippen molar-refractivity contribution in [1.82, 2.24) is 0 Å². The van der Waals surface area contributed by atoms with Gasteiger partial charge in [0.2, 0.25) is 11.6 Å². The molecule has 6 rings (SSSR count). The van der Waals surface area contributed by atoms with Crippen LogP contribution in [0.1, 0.15) is 62.3 Å². The van der Waals surface area contributed by atoms with E-state index in [0.29, 0.717) is 0 Å². The Morgan fingerprint density at radius 1 is 0.745 bits per heavy atom. The van der Waals surface area contributed by atoms with Gasteiger partial charge in [0.25, 0.3) is 0 Å². The number of aliphatic hydroxyl groups excluding tert-OH is 4. The van der Waals surface area contributed by atoms with Crippen LogP contribution in [0.2, 0.25) is 0 Å². The molecule has 4 fully saturated rings. The van der Waals surface area contributed by atoms with Gasteiger partial charge in [-0.1, -0.05) is 48.6 Å². The number of fused-ring (bicyclic) bond motifs is 6. The van der Waals surface area contributed by atoms with E-state index in [-0.39, 0.29) is 5.57 Å². The predicted molar refractivity (Wildman–Crippen MR) is 198 cm³/mol. The largest absolute Gasteiger partial charge is 0.511 e. The number of carbonyl (C=O) groups excluding carboxylic acids is 5. The highest BCUT2D eigenvalue weighted by Crippen LogP contribution is 2.69. The van der Waals surface area contributed by atoms with E-state index in [4.69, 9.17) is 4.74 Å². The van der Waals surface area contributed by atoms with E-state index in [9.17, 15) is 54.9 Å². The summed E-state index contributed by atoms with van der Waals surface area (Å²) < 4.78 is 6.00. The van der Waals surface area contributed by atoms with Gasteiger partial charge >= 0.3 is 0 Å². The zero-order valence-corrected chi connectivity index (χ0v) is 32.2. The number of allylic oxidation sites excluding steroid dienone is 11. The summed E-state index contributed by atoms with van der Waals surface area (Å²) in [6.07, 6.45) is 14.3. The fraction of sp³-hybridized carbons (Fsp3) is 0.452. The van der Waals surface area contributed by atoms with Gasteiger partial charge in [-0.15, -0.1) is 0 Å². The van der Waals surface area contributed by atoms with Crippen LogP contribution in [-0.4, -0.2) is 87.3 Å². The summed E-state index contributed by atoms with van der Waals surface area (Å²) in [4.78, 5) is 71.9. The predicted octanol–water partition coefficient (Wildman–Crippen LogP) is 4.45. The van der Waals surface area contributed by atoms with Crippen molar-refractivity contribution in [3.8, 4) is 0 Å². The Labute approximate surface area is 318 Å². The smallest absolute Gasteiger partial charge is 0.216 e. The molecule has 5 aliphatic carbocycles. The first kappa shape index (κ1) is 41.2. The molecule has 1 aliphatic heterocycles. The second kappa shape index (κ2) is 13.1. The average Bonchev–Trinajstić information content (AvgIpc) is 3.32. The summed E-state index contributed by atoms with van der Waals surface area (Å²) in [5.74, 6) is -18.7. The molecule has 1 heterocycles. The minimum absolute atomic E-state index is 0.309. The molecule has 0 radical (unpaired) electrons. The Bertz CT molecular complexity index is 2100. The Kier molecular flexibility index (Phi) is 9.80. The number of ketones is 5. The van der Waals surface area contributed by atoms with Crippen molar-refractivity contribution < 1.29 is 64.5 Å². The normalized spacial score (nSPS) is 42.6. The molecule has 1 saturated heterocycles.